The summed E-state index contributed by atoms with van der Waals surface area (Å²) in [6.45, 7) is 2.01. The van der Waals surface area contributed by atoms with Gasteiger partial charge in [0.1, 0.15) is 5.01 Å². The zero-order chi connectivity index (χ0) is 15.5. The molecule has 2 aromatic heterocycles. The van der Waals surface area contributed by atoms with Crippen molar-refractivity contribution in [2.75, 3.05) is 7.05 Å². The van der Waals surface area contributed by atoms with Gasteiger partial charge in [-0.3, -0.25) is 4.98 Å². The minimum atomic E-state index is -0.0662. The largest absolute Gasteiger partial charge is 0.328 e. The number of thiazole rings is 1. The molecule has 2 atom stereocenters. The normalized spacial score (nSPS) is 16.8. The van der Waals surface area contributed by atoms with E-state index in [1.807, 2.05) is 31.5 Å². The van der Waals surface area contributed by atoms with Crippen molar-refractivity contribution >= 4 is 17.4 Å². The quantitative estimate of drug-likeness (QED) is 0.920. The lowest BCUT2D eigenvalue weighted by Gasteiger charge is -2.27. The van der Waals surface area contributed by atoms with Crippen LogP contribution in [0, 0.1) is 5.92 Å². The second-order valence-corrected chi connectivity index (χ2v) is 6.63. The highest BCUT2D eigenvalue weighted by atomic mass is 32.1. The van der Waals surface area contributed by atoms with Gasteiger partial charge >= 0.3 is 6.03 Å². The molecule has 22 heavy (non-hydrogen) atoms. The van der Waals surface area contributed by atoms with E-state index in [1.165, 1.54) is 0 Å². The Morgan fingerprint density at radius 2 is 2.27 bits per heavy atom. The molecule has 0 saturated heterocycles. The zero-order valence-corrected chi connectivity index (χ0v) is 13.6. The molecule has 1 aliphatic carbocycles. The van der Waals surface area contributed by atoms with Crippen molar-refractivity contribution in [3.05, 3.63) is 46.7 Å². The van der Waals surface area contributed by atoms with Crippen LogP contribution in [-0.2, 0) is 0 Å². The molecule has 1 aliphatic rings. The van der Waals surface area contributed by atoms with E-state index >= 15 is 0 Å². The van der Waals surface area contributed by atoms with E-state index in [1.54, 1.807) is 34.8 Å². The molecule has 0 spiro atoms. The molecule has 1 fully saturated rings. The Kier molecular flexibility index (Phi) is 4.38. The lowest BCUT2D eigenvalue weighted by molar-refractivity contribution is 0.188. The van der Waals surface area contributed by atoms with Crippen molar-refractivity contribution in [3.63, 3.8) is 0 Å². The van der Waals surface area contributed by atoms with Gasteiger partial charge in [-0.05, 0) is 37.3 Å². The summed E-state index contributed by atoms with van der Waals surface area (Å²) in [6, 6.07) is 3.82. The molecule has 1 saturated carbocycles. The number of aromatic nitrogens is 2. The first-order chi connectivity index (χ1) is 10.7. The Morgan fingerprint density at radius 3 is 2.86 bits per heavy atom. The number of pyridine rings is 1. The highest BCUT2D eigenvalue weighted by Crippen LogP contribution is 2.41. The monoisotopic (exact) mass is 316 g/mol. The first-order valence-electron chi connectivity index (χ1n) is 7.49. The van der Waals surface area contributed by atoms with Crippen LogP contribution in [0.15, 0.2) is 36.1 Å². The molecule has 2 heterocycles. The third kappa shape index (κ3) is 3.27. The molecular weight excluding hydrogens is 296 g/mol. The van der Waals surface area contributed by atoms with Crippen LogP contribution >= 0.6 is 11.3 Å². The van der Waals surface area contributed by atoms with E-state index in [0.29, 0.717) is 5.92 Å². The highest BCUT2D eigenvalue weighted by molar-refractivity contribution is 7.09. The molecule has 6 heteroatoms. The summed E-state index contributed by atoms with van der Waals surface area (Å²) in [5.41, 5.74) is 1.03. The fourth-order valence-electron chi connectivity index (χ4n) is 2.46. The van der Waals surface area contributed by atoms with Crippen LogP contribution in [0.5, 0.6) is 0 Å². The number of carbonyl (C=O) groups is 1. The maximum absolute atomic E-state index is 12.6. The van der Waals surface area contributed by atoms with Gasteiger partial charge in [0.2, 0.25) is 0 Å². The number of nitrogens with one attached hydrogen (secondary N) is 1. The van der Waals surface area contributed by atoms with Gasteiger partial charge in [0.15, 0.2) is 0 Å². The average molecular weight is 316 g/mol. The molecule has 116 valence electrons. The molecule has 3 rings (SSSR count). The number of hydrogen-bond acceptors (Lipinski definition) is 4. The number of carbonyl (C=O) groups excluding carboxylic acids is 1. The van der Waals surface area contributed by atoms with Crippen LogP contribution in [0.2, 0.25) is 0 Å². The Labute approximate surface area is 134 Å². The smallest absolute Gasteiger partial charge is 0.318 e. The van der Waals surface area contributed by atoms with Gasteiger partial charge in [-0.15, -0.1) is 11.3 Å². The van der Waals surface area contributed by atoms with Gasteiger partial charge in [-0.1, -0.05) is 6.07 Å². The van der Waals surface area contributed by atoms with Crippen molar-refractivity contribution < 1.29 is 4.79 Å². The molecule has 0 radical (unpaired) electrons. The third-order valence-corrected chi connectivity index (χ3v) is 5.02. The third-order valence-electron chi connectivity index (χ3n) is 4.16. The maximum Gasteiger partial charge on any atom is 0.318 e. The van der Waals surface area contributed by atoms with Gasteiger partial charge < -0.3 is 10.2 Å². The van der Waals surface area contributed by atoms with E-state index in [2.05, 4.69) is 15.3 Å². The lowest BCUT2D eigenvalue weighted by Crippen LogP contribution is -2.41. The van der Waals surface area contributed by atoms with Gasteiger partial charge in [0.05, 0.1) is 12.1 Å². The van der Waals surface area contributed by atoms with Crippen molar-refractivity contribution in [1.29, 1.82) is 0 Å². The summed E-state index contributed by atoms with van der Waals surface area (Å²) in [4.78, 5) is 22.8. The van der Waals surface area contributed by atoms with E-state index in [0.717, 1.165) is 23.4 Å². The minimum Gasteiger partial charge on any atom is -0.328 e. The summed E-state index contributed by atoms with van der Waals surface area (Å²) >= 11 is 1.60. The van der Waals surface area contributed by atoms with Gasteiger partial charge in [0.25, 0.3) is 0 Å². The van der Waals surface area contributed by atoms with Crippen LogP contribution in [0.25, 0.3) is 0 Å². The Morgan fingerprint density at radius 1 is 1.45 bits per heavy atom. The molecule has 0 unspecified atom stereocenters. The van der Waals surface area contributed by atoms with Crippen molar-refractivity contribution in [2.24, 2.45) is 5.92 Å². The van der Waals surface area contributed by atoms with Gasteiger partial charge in [-0.25, -0.2) is 9.78 Å². The maximum atomic E-state index is 12.6. The van der Waals surface area contributed by atoms with E-state index in [9.17, 15) is 4.79 Å². The van der Waals surface area contributed by atoms with Crippen molar-refractivity contribution in [1.82, 2.24) is 20.2 Å². The van der Waals surface area contributed by atoms with Crippen LogP contribution in [0.3, 0.4) is 0 Å². The standard InChI is InChI=1S/C16H20N4OS/c1-11(13-4-3-7-17-10-13)20(2)16(21)19-14(12-5-6-12)15-18-8-9-22-15/h3-4,7-12,14H,5-6H2,1-2H3,(H,19,21)/t11-,14+/m1/s1. The van der Waals surface area contributed by atoms with Crippen molar-refractivity contribution in [2.45, 2.75) is 31.8 Å². The van der Waals surface area contributed by atoms with E-state index in [-0.39, 0.29) is 18.1 Å². The molecule has 0 aliphatic heterocycles. The van der Waals surface area contributed by atoms with Gasteiger partial charge in [0, 0.05) is 31.0 Å². The highest BCUT2D eigenvalue weighted by Gasteiger charge is 2.35. The second-order valence-electron chi connectivity index (χ2n) is 5.71. The first kappa shape index (κ1) is 15.0. The number of urea groups is 1. The second kappa shape index (κ2) is 6.44. The van der Waals surface area contributed by atoms with Gasteiger partial charge in [-0.2, -0.15) is 0 Å². The van der Waals surface area contributed by atoms with Crippen LogP contribution in [-0.4, -0.2) is 27.9 Å². The van der Waals surface area contributed by atoms with Crippen molar-refractivity contribution in [3.8, 4) is 0 Å². The molecule has 2 amide bonds. The summed E-state index contributed by atoms with van der Waals surface area (Å²) < 4.78 is 0. The number of rotatable bonds is 5. The number of hydrogen-bond donors (Lipinski definition) is 1. The average Bonchev–Trinajstić information content (AvgIpc) is 3.25. The molecule has 0 bridgehead atoms. The predicted octanol–water partition coefficient (Wildman–Crippen LogP) is 3.39. The summed E-state index contributed by atoms with van der Waals surface area (Å²) in [5.74, 6) is 0.525. The SMILES string of the molecule is C[C@H](c1cccnc1)N(C)C(=O)N[C@H](c1nccs1)C1CC1. The topological polar surface area (TPSA) is 58.1 Å². The van der Waals surface area contributed by atoms with Crippen LogP contribution in [0.1, 0.15) is 42.4 Å². The molecule has 1 N–H and O–H groups in total. The number of nitrogens with zero attached hydrogens (tertiary/aromatic N) is 3. The predicted molar refractivity (Wildman–Crippen MR) is 86.5 cm³/mol. The Balaban J connectivity index is 1.67. The fourth-order valence-corrected chi connectivity index (χ4v) is 3.24. The lowest BCUT2D eigenvalue weighted by atomic mass is 10.1. The summed E-state index contributed by atoms with van der Waals surface area (Å²) in [6.07, 6.45) is 7.65. The molecule has 2 aromatic rings. The van der Waals surface area contributed by atoms with E-state index in [4.69, 9.17) is 0 Å². The van der Waals surface area contributed by atoms with E-state index < -0.39 is 0 Å². The summed E-state index contributed by atoms with van der Waals surface area (Å²) in [7, 11) is 1.82. The molecular formula is C16H20N4OS. The number of amides is 2. The summed E-state index contributed by atoms with van der Waals surface area (Å²) in [5, 5.41) is 6.10. The molecule has 5 nitrogen and oxygen atoms in total. The Hall–Kier alpha value is -1.95. The molecule has 0 aromatic carbocycles. The fraction of sp³-hybridized carbons (Fsp3) is 0.438. The zero-order valence-electron chi connectivity index (χ0n) is 12.8. The Bertz CT molecular complexity index is 612. The minimum absolute atomic E-state index is 0.0233. The van der Waals surface area contributed by atoms with Crippen LogP contribution in [0.4, 0.5) is 4.79 Å². The van der Waals surface area contributed by atoms with Crippen LogP contribution < -0.4 is 5.32 Å². The first-order valence-corrected chi connectivity index (χ1v) is 8.37.